The zero-order valence-electron chi connectivity index (χ0n) is 10.8. The monoisotopic (exact) mass is 251 g/mol. The lowest BCUT2D eigenvalue weighted by Gasteiger charge is -2.33. The van der Waals surface area contributed by atoms with E-state index < -0.39 is 0 Å². The first-order chi connectivity index (χ1) is 8.83. The zero-order valence-corrected chi connectivity index (χ0v) is 10.8. The van der Waals surface area contributed by atoms with Gasteiger partial charge in [0.05, 0.1) is 26.9 Å². The van der Waals surface area contributed by atoms with Gasteiger partial charge in [-0.3, -0.25) is 4.90 Å². The molecule has 1 aliphatic rings. The number of hydrogen-bond donors (Lipinski definition) is 1. The molecule has 100 valence electrons. The summed E-state index contributed by atoms with van der Waals surface area (Å²) in [5.41, 5.74) is 1.22. The average molecular weight is 251 g/mol. The summed E-state index contributed by atoms with van der Waals surface area (Å²) in [7, 11) is 1.67. The lowest BCUT2D eigenvalue weighted by atomic mass is 10.0. The van der Waals surface area contributed by atoms with Crippen LogP contribution in [0.1, 0.15) is 5.56 Å². The molecular formula is C14H21NO3. The molecule has 1 heterocycles. The number of methoxy groups -OCH3 is 1. The smallest absolute Gasteiger partial charge is 0.118 e. The van der Waals surface area contributed by atoms with Gasteiger partial charge in [0, 0.05) is 19.1 Å². The van der Waals surface area contributed by atoms with Crippen LogP contribution in [0.5, 0.6) is 5.75 Å². The highest BCUT2D eigenvalue weighted by Crippen LogP contribution is 2.15. The Morgan fingerprint density at radius 3 is 2.50 bits per heavy atom. The van der Waals surface area contributed by atoms with Crippen molar-refractivity contribution in [2.75, 3.05) is 40.0 Å². The van der Waals surface area contributed by atoms with Crippen LogP contribution in [-0.2, 0) is 11.2 Å². The van der Waals surface area contributed by atoms with Crippen LogP contribution >= 0.6 is 0 Å². The van der Waals surface area contributed by atoms with Gasteiger partial charge in [-0.2, -0.15) is 0 Å². The molecule has 1 atom stereocenters. The second-order valence-corrected chi connectivity index (χ2v) is 4.54. The number of hydrogen-bond acceptors (Lipinski definition) is 4. The van der Waals surface area contributed by atoms with Crippen LogP contribution in [0.3, 0.4) is 0 Å². The van der Waals surface area contributed by atoms with Crippen molar-refractivity contribution in [2.24, 2.45) is 0 Å². The molecule has 0 aromatic heterocycles. The van der Waals surface area contributed by atoms with Crippen LogP contribution in [0.4, 0.5) is 0 Å². The van der Waals surface area contributed by atoms with Gasteiger partial charge in [-0.05, 0) is 24.1 Å². The number of benzene rings is 1. The van der Waals surface area contributed by atoms with E-state index in [4.69, 9.17) is 9.47 Å². The molecule has 4 nitrogen and oxygen atoms in total. The molecule has 1 fully saturated rings. The molecular weight excluding hydrogens is 230 g/mol. The van der Waals surface area contributed by atoms with Crippen LogP contribution < -0.4 is 4.74 Å². The predicted octanol–water partition coefficient (Wildman–Crippen LogP) is 0.931. The first-order valence-corrected chi connectivity index (χ1v) is 6.39. The number of nitrogens with zero attached hydrogens (tertiary/aromatic N) is 1. The zero-order chi connectivity index (χ0) is 12.8. The highest BCUT2D eigenvalue weighted by Gasteiger charge is 2.20. The lowest BCUT2D eigenvalue weighted by Crippen LogP contribution is -2.46. The lowest BCUT2D eigenvalue weighted by molar-refractivity contribution is 0.00341. The number of aliphatic hydroxyl groups is 1. The maximum atomic E-state index is 9.53. The molecule has 0 aliphatic carbocycles. The van der Waals surface area contributed by atoms with E-state index in [0.29, 0.717) is 0 Å². The van der Waals surface area contributed by atoms with Crippen molar-refractivity contribution in [1.82, 2.24) is 4.90 Å². The number of ether oxygens (including phenoxy) is 2. The van der Waals surface area contributed by atoms with Crippen LogP contribution in [0.15, 0.2) is 24.3 Å². The molecule has 1 N–H and O–H groups in total. The second-order valence-electron chi connectivity index (χ2n) is 4.54. The van der Waals surface area contributed by atoms with E-state index in [1.807, 2.05) is 12.1 Å². The van der Waals surface area contributed by atoms with Gasteiger partial charge in [-0.1, -0.05) is 12.1 Å². The first kappa shape index (κ1) is 13.3. The Hall–Kier alpha value is -1.10. The molecule has 1 aromatic rings. The molecule has 1 unspecified atom stereocenters. The minimum absolute atomic E-state index is 0.183. The van der Waals surface area contributed by atoms with Gasteiger partial charge in [-0.25, -0.2) is 0 Å². The largest absolute Gasteiger partial charge is 0.497 e. The third-order valence-corrected chi connectivity index (χ3v) is 3.40. The minimum Gasteiger partial charge on any atom is -0.497 e. The van der Waals surface area contributed by atoms with Crippen LogP contribution in [0.2, 0.25) is 0 Å². The third-order valence-electron chi connectivity index (χ3n) is 3.40. The molecule has 1 aromatic carbocycles. The summed E-state index contributed by atoms with van der Waals surface area (Å²) in [6, 6.07) is 8.22. The summed E-state index contributed by atoms with van der Waals surface area (Å²) in [6.45, 7) is 3.52. The van der Waals surface area contributed by atoms with Crippen molar-refractivity contribution in [1.29, 1.82) is 0 Å². The highest BCUT2D eigenvalue weighted by atomic mass is 16.5. The van der Waals surface area contributed by atoms with Crippen molar-refractivity contribution < 1.29 is 14.6 Å². The Kier molecular flexibility index (Phi) is 4.99. The Morgan fingerprint density at radius 1 is 1.28 bits per heavy atom. The molecule has 0 saturated carbocycles. The fraction of sp³-hybridized carbons (Fsp3) is 0.571. The standard InChI is InChI=1S/C14H21NO3/c1-17-14-4-2-12(3-5-14)10-13(11-16)15-6-8-18-9-7-15/h2-5,13,16H,6-11H2,1H3. The quantitative estimate of drug-likeness (QED) is 0.845. The number of rotatable bonds is 5. The molecule has 18 heavy (non-hydrogen) atoms. The van der Waals surface area contributed by atoms with Crippen molar-refractivity contribution in [2.45, 2.75) is 12.5 Å². The van der Waals surface area contributed by atoms with E-state index in [1.54, 1.807) is 7.11 Å². The molecule has 0 bridgehead atoms. The van der Waals surface area contributed by atoms with Gasteiger partial charge in [0.15, 0.2) is 0 Å². The van der Waals surface area contributed by atoms with Crippen molar-refractivity contribution in [3.8, 4) is 5.75 Å². The van der Waals surface area contributed by atoms with Gasteiger partial charge in [0.25, 0.3) is 0 Å². The average Bonchev–Trinajstić information content (AvgIpc) is 2.46. The van der Waals surface area contributed by atoms with Gasteiger partial charge in [0.2, 0.25) is 0 Å². The SMILES string of the molecule is COc1ccc(CC(CO)N2CCOCC2)cc1. The van der Waals surface area contributed by atoms with Crippen LogP contribution in [0.25, 0.3) is 0 Å². The molecule has 0 spiro atoms. The maximum Gasteiger partial charge on any atom is 0.118 e. The summed E-state index contributed by atoms with van der Waals surface area (Å²) >= 11 is 0. The highest BCUT2D eigenvalue weighted by molar-refractivity contribution is 5.27. The summed E-state index contributed by atoms with van der Waals surface area (Å²) in [5.74, 6) is 0.866. The molecule has 0 radical (unpaired) electrons. The molecule has 4 heteroatoms. The Bertz CT molecular complexity index is 347. The van der Waals surface area contributed by atoms with Crippen molar-refractivity contribution >= 4 is 0 Å². The molecule has 1 saturated heterocycles. The molecule has 1 aliphatic heterocycles. The van der Waals surface area contributed by atoms with Gasteiger partial charge < -0.3 is 14.6 Å². The topological polar surface area (TPSA) is 41.9 Å². The summed E-state index contributed by atoms with van der Waals surface area (Å²) in [6.07, 6.45) is 0.862. The van der Waals surface area contributed by atoms with E-state index in [-0.39, 0.29) is 12.6 Å². The van der Waals surface area contributed by atoms with E-state index in [9.17, 15) is 5.11 Å². The Labute approximate surface area is 108 Å². The van der Waals surface area contributed by atoms with Crippen LogP contribution in [0, 0.1) is 0 Å². The van der Waals surface area contributed by atoms with Crippen LogP contribution in [-0.4, -0.2) is 56.1 Å². The van der Waals surface area contributed by atoms with Crippen molar-refractivity contribution in [3.63, 3.8) is 0 Å². The predicted molar refractivity (Wildman–Crippen MR) is 70.0 cm³/mol. The summed E-state index contributed by atoms with van der Waals surface area (Å²) in [4.78, 5) is 2.30. The van der Waals surface area contributed by atoms with E-state index in [0.717, 1.165) is 38.5 Å². The van der Waals surface area contributed by atoms with E-state index in [1.165, 1.54) is 5.56 Å². The number of morpholine rings is 1. The molecule has 2 rings (SSSR count). The minimum atomic E-state index is 0.183. The fourth-order valence-electron chi connectivity index (χ4n) is 2.29. The number of aliphatic hydroxyl groups excluding tert-OH is 1. The fourth-order valence-corrected chi connectivity index (χ4v) is 2.29. The van der Waals surface area contributed by atoms with Gasteiger partial charge in [-0.15, -0.1) is 0 Å². The van der Waals surface area contributed by atoms with Gasteiger partial charge >= 0.3 is 0 Å². The Balaban J connectivity index is 1.95. The summed E-state index contributed by atoms with van der Waals surface area (Å²) in [5, 5.41) is 9.53. The van der Waals surface area contributed by atoms with E-state index >= 15 is 0 Å². The van der Waals surface area contributed by atoms with E-state index in [2.05, 4.69) is 17.0 Å². The first-order valence-electron chi connectivity index (χ1n) is 6.39. The third kappa shape index (κ3) is 3.45. The van der Waals surface area contributed by atoms with Gasteiger partial charge in [0.1, 0.15) is 5.75 Å². The Morgan fingerprint density at radius 2 is 1.94 bits per heavy atom. The maximum absolute atomic E-state index is 9.53. The summed E-state index contributed by atoms with van der Waals surface area (Å²) < 4.78 is 10.5. The van der Waals surface area contributed by atoms with Crippen molar-refractivity contribution in [3.05, 3.63) is 29.8 Å². The second kappa shape index (κ2) is 6.73. The molecule has 0 amide bonds. The normalized spacial score (nSPS) is 18.6.